The molecule has 4 aromatic rings. The monoisotopic (exact) mass is 402 g/mol. The maximum absolute atomic E-state index is 13.1. The Balaban J connectivity index is 1.47. The van der Waals surface area contributed by atoms with E-state index in [9.17, 15) is 9.90 Å². The van der Waals surface area contributed by atoms with Crippen LogP contribution in [0.15, 0.2) is 35.5 Å². The quantitative estimate of drug-likeness (QED) is 0.534. The van der Waals surface area contributed by atoms with Crippen molar-refractivity contribution >= 4 is 21.8 Å². The number of aromatic nitrogens is 5. The van der Waals surface area contributed by atoms with Gasteiger partial charge in [-0.1, -0.05) is 0 Å². The molecule has 3 aromatic heterocycles. The third-order valence-corrected chi connectivity index (χ3v) is 6.72. The van der Waals surface area contributed by atoms with E-state index in [0.717, 1.165) is 30.3 Å². The van der Waals surface area contributed by atoms with Crippen molar-refractivity contribution in [3.05, 3.63) is 46.6 Å². The minimum Gasteiger partial charge on any atom is -0.507 e. The number of piperidine rings is 1. The highest BCUT2D eigenvalue weighted by Gasteiger charge is 2.40. The summed E-state index contributed by atoms with van der Waals surface area (Å²) in [6, 6.07) is 4.49. The second kappa shape index (κ2) is 6.12. The molecule has 2 fully saturated rings. The molecule has 2 aliphatic rings. The van der Waals surface area contributed by atoms with Crippen LogP contribution in [0.2, 0.25) is 0 Å². The Labute approximate surface area is 172 Å². The fraction of sp³-hybridized carbons (Fsp3) is 0.364. The second-order valence-corrected chi connectivity index (χ2v) is 8.56. The van der Waals surface area contributed by atoms with E-state index >= 15 is 0 Å². The maximum atomic E-state index is 13.1. The second-order valence-electron chi connectivity index (χ2n) is 8.56. The molecule has 1 aromatic carbocycles. The molecule has 3 atom stereocenters. The molecule has 2 N–H and O–H groups in total. The van der Waals surface area contributed by atoms with E-state index in [1.54, 1.807) is 10.9 Å². The molecule has 4 heterocycles. The van der Waals surface area contributed by atoms with Gasteiger partial charge in [-0.15, -0.1) is 0 Å². The van der Waals surface area contributed by atoms with Crippen molar-refractivity contribution in [3.8, 4) is 17.1 Å². The lowest BCUT2D eigenvalue weighted by Crippen LogP contribution is -2.35. The lowest BCUT2D eigenvalue weighted by atomic mass is 10.0. The minimum absolute atomic E-state index is 0.0419. The Hall–Kier alpha value is -3.26. The Morgan fingerprint density at radius 3 is 2.93 bits per heavy atom. The van der Waals surface area contributed by atoms with E-state index in [0.29, 0.717) is 39.8 Å². The van der Waals surface area contributed by atoms with Gasteiger partial charge in [0, 0.05) is 55.2 Å². The molecule has 152 valence electrons. The average molecular weight is 402 g/mol. The van der Waals surface area contributed by atoms with Crippen LogP contribution in [0.3, 0.4) is 0 Å². The van der Waals surface area contributed by atoms with Gasteiger partial charge in [0.05, 0.1) is 22.0 Å². The summed E-state index contributed by atoms with van der Waals surface area (Å²) in [6.07, 6.45) is 7.48. The van der Waals surface area contributed by atoms with Crippen LogP contribution in [0.4, 0.5) is 0 Å². The van der Waals surface area contributed by atoms with Gasteiger partial charge in [-0.2, -0.15) is 5.10 Å². The first-order valence-corrected chi connectivity index (χ1v) is 10.3. The standard InChI is InChI=1S/C22H22N6O2/c1-11-19-13(10-27(2)26-19)6-15(20(11)29)21-24-9-16-17(25-21)3-4-28(22(16)30)18-7-14-5-12(18)8-23-14/h3-4,6,9-10,12,14,18,23,29H,5,7-8H2,1-2H3/t12-,14-,18?/m0/s1. The number of benzene rings is 1. The van der Waals surface area contributed by atoms with Crippen LogP contribution in [-0.2, 0) is 7.05 Å². The largest absolute Gasteiger partial charge is 0.507 e. The summed E-state index contributed by atoms with van der Waals surface area (Å²) in [5, 5.41) is 20.0. The van der Waals surface area contributed by atoms with Gasteiger partial charge in [0.1, 0.15) is 5.75 Å². The molecular formula is C22H22N6O2. The lowest BCUT2D eigenvalue weighted by molar-refractivity contribution is 0.340. The fourth-order valence-corrected chi connectivity index (χ4v) is 5.20. The summed E-state index contributed by atoms with van der Waals surface area (Å²) in [6.45, 7) is 2.81. The number of hydrogen-bond donors (Lipinski definition) is 2. The number of aromatic hydroxyl groups is 1. The van der Waals surface area contributed by atoms with Crippen LogP contribution in [0.5, 0.6) is 5.75 Å². The van der Waals surface area contributed by atoms with Crippen LogP contribution in [-0.4, -0.2) is 42.0 Å². The third kappa shape index (κ3) is 2.43. The lowest BCUT2D eigenvalue weighted by Gasteiger charge is -2.24. The van der Waals surface area contributed by atoms with Crippen molar-refractivity contribution < 1.29 is 5.11 Å². The van der Waals surface area contributed by atoms with Crippen LogP contribution in [0, 0.1) is 12.8 Å². The topological polar surface area (TPSA) is 97.9 Å². The molecule has 2 bridgehead atoms. The van der Waals surface area contributed by atoms with Crippen molar-refractivity contribution in [3.63, 3.8) is 0 Å². The highest BCUT2D eigenvalue weighted by atomic mass is 16.3. The zero-order valence-corrected chi connectivity index (χ0v) is 16.8. The molecule has 8 nitrogen and oxygen atoms in total. The highest BCUT2D eigenvalue weighted by molar-refractivity contribution is 5.90. The first-order chi connectivity index (χ1) is 14.5. The molecule has 1 saturated carbocycles. The van der Waals surface area contributed by atoms with Crippen molar-refractivity contribution in [1.82, 2.24) is 29.6 Å². The van der Waals surface area contributed by atoms with Crippen LogP contribution < -0.4 is 10.9 Å². The van der Waals surface area contributed by atoms with E-state index in [1.165, 1.54) is 0 Å². The van der Waals surface area contributed by atoms with Gasteiger partial charge >= 0.3 is 0 Å². The molecule has 8 heteroatoms. The zero-order valence-electron chi connectivity index (χ0n) is 16.8. The number of hydrogen-bond acceptors (Lipinski definition) is 6. The number of aryl methyl sites for hydroxylation is 2. The van der Waals surface area contributed by atoms with Crippen molar-refractivity contribution in [1.29, 1.82) is 0 Å². The third-order valence-electron chi connectivity index (χ3n) is 6.72. The van der Waals surface area contributed by atoms with Gasteiger partial charge in [0.2, 0.25) is 0 Å². The number of phenolic OH excluding ortho intramolecular Hbond substituents is 1. The number of nitrogens with one attached hydrogen (secondary N) is 1. The Bertz CT molecular complexity index is 1390. The van der Waals surface area contributed by atoms with E-state index in [1.807, 2.05) is 43.1 Å². The Morgan fingerprint density at radius 2 is 2.17 bits per heavy atom. The number of fused-ring (bicyclic) bond motifs is 4. The van der Waals surface area contributed by atoms with Crippen LogP contribution >= 0.6 is 0 Å². The van der Waals surface area contributed by atoms with E-state index in [-0.39, 0.29) is 17.4 Å². The predicted octanol–water partition coefficient (Wildman–Crippen LogP) is 2.28. The van der Waals surface area contributed by atoms with Crippen molar-refractivity contribution in [2.24, 2.45) is 13.0 Å². The van der Waals surface area contributed by atoms with E-state index in [2.05, 4.69) is 20.4 Å². The SMILES string of the molecule is Cc1c(O)c(-c2ncc3c(=O)n(C4C[C@@H]5C[C@H]4CN5)ccc3n2)cc2cn(C)nc12. The van der Waals surface area contributed by atoms with Crippen molar-refractivity contribution in [2.45, 2.75) is 31.8 Å². The van der Waals surface area contributed by atoms with Crippen LogP contribution in [0.1, 0.15) is 24.4 Å². The summed E-state index contributed by atoms with van der Waals surface area (Å²) < 4.78 is 3.58. The predicted molar refractivity (Wildman–Crippen MR) is 113 cm³/mol. The molecule has 1 aliphatic carbocycles. The molecule has 1 saturated heterocycles. The fourth-order valence-electron chi connectivity index (χ4n) is 5.20. The van der Waals surface area contributed by atoms with Gasteiger partial charge in [-0.05, 0) is 37.8 Å². The van der Waals surface area contributed by atoms with Gasteiger partial charge in [0.15, 0.2) is 5.82 Å². The van der Waals surface area contributed by atoms with Gasteiger partial charge in [-0.25, -0.2) is 9.97 Å². The van der Waals surface area contributed by atoms with Gasteiger partial charge in [0.25, 0.3) is 5.56 Å². The highest BCUT2D eigenvalue weighted by Crippen LogP contribution is 2.39. The molecule has 30 heavy (non-hydrogen) atoms. The average Bonchev–Trinajstić information content (AvgIpc) is 3.46. The van der Waals surface area contributed by atoms with Gasteiger partial charge < -0.3 is 15.0 Å². The molecule has 0 spiro atoms. The normalized spacial score (nSPS) is 23.1. The Kier molecular flexibility index (Phi) is 3.59. The first kappa shape index (κ1) is 17.6. The van der Waals surface area contributed by atoms with Crippen LogP contribution in [0.25, 0.3) is 33.2 Å². The summed E-state index contributed by atoms with van der Waals surface area (Å²) in [7, 11) is 1.85. The summed E-state index contributed by atoms with van der Waals surface area (Å²) in [5.41, 5.74) is 2.53. The number of nitrogens with zero attached hydrogens (tertiary/aromatic N) is 5. The Morgan fingerprint density at radius 1 is 1.30 bits per heavy atom. The number of rotatable bonds is 2. The maximum Gasteiger partial charge on any atom is 0.261 e. The van der Waals surface area contributed by atoms with E-state index in [4.69, 9.17) is 0 Å². The molecule has 1 unspecified atom stereocenters. The summed E-state index contributed by atoms with van der Waals surface area (Å²) in [4.78, 5) is 22.2. The molecular weight excluding hydrogens is 380 g/mol. The smallest absolute Gasteiger partial charge is 0.261 e. The van der Waals surface area contributed by atoms with Gasteiger partial charge in [-0.3, -0.25) is 9.48 Å². The summed E-state index contributed by atoms with van der Waals surface area (Å²) in [5.74, 6) is 1.02. The molecule has 0 radical (unpaired) electrons. The summed E-state index contributed by atoms with van der Waals surface area (Å²) >= 11 is 0. The first-order valence-electron chi connectivity index (χ1n) is 10.3. The number of pyridine rings is 1. The number of phenols is 1. The van der Waals surface area contributed by atoms with Crippen molar-refractivity contribution in [2.75, 3.05) is 6.54 Å². The molecule has 0 amide bonds. The molecule has 6 rings (SSSR count). The zero-order chi connectivity index (χ0) is 20.6. The molecule has 1 aliphatic heterocycles. The minimum atomic E-state index is -0.0419. The van der Waals surface area contributed by atoms with E-state index < -0.39 is 0 Å².